The van der Waals surface area contributed by atoms with Crippen LogP contribution in [-0.2, 0) is 16.1 Å². The van der Waals surface area contributed by atoms with Gasteiger partial charge < -0.3 is 10.1 Å². The van der Waals surface area contributed by atoms with E-state index in [1.165, 1.54) is 37.7 Å². The third-order valence-corrected chi connectivity index (χ3v) is 5.25. The van der Waals surface area contributed by atoms with Gasteiger partial charge in [-0.2, -0.15) is 0 Å². The van der Waals surface area contributed by atoms with Crippen molar-refractivity contribution >= 4 is 5.91 Å². The summed E-state index contributed by atoms with van der Waals surface area (Å²) in [6, 6.07) is 11.4. The average molecular weight is 330 g/mol. The monoisotopic (exact) mass is 330 g/mol. The smallest absolute Gasteiger partial charge is 0.234 e. The molecule has 1 aliphatic carbocycles. The van der Waals surface area contributed by atoms with Crippen molar-refractivity contribution in [2.75, 3.05) is 19.8 Å². The first kappa shape index (κ1) is 17.4. The zero-order valence-electron chi connectivity index (χ0n) is 14.6. The number of carbonyl (C=O) groups is 1. The molecule has 2 aliphatic rings. The molecule has 1 aromatic rings. The van der Waals surface area contributed by atoms with Crippen molar-refractivity contribution in [1.82, 2.24) is 10.2 Å². The Balaban J connectivity index is 1.58. The maximum Gasteiger partial charge on any atom is 0.234 e. The molecular formula is C20H30N2O2. The summed E-state index contributed by atoms with van der Waals surface area (Å²) in [5.41, 5.74) is 1.29. The van der Waals surface area contributed by atoms with Gasteiger partial charge in [-0.05, 0) is 31.2 Å². The highest BCUT2D eigenvalue weighted by molar-refractivity contribution is 5.78. The van der Waals surface area contributed by atoms with Crippen molar-refractivity contribution in [2.24, 2.45) is 0 Å². The molecule has 4 heteroatoms. The molecule has 1 amide bonds. The molecule has 24 heavy (non-hydrogen) atoms. The molecule has 1 heterocycles. The zero-order chi connectivity index (χ0) is 16.6. The molecule has 0 unspecified atom stereocenters. The summed E-state index contributed by atoms with van der Waals surface area (Å²) in [7, 11) is 0. The number of amides is 1. The number of hydrogen-bond acceptors (Lipinski definition) is 3. The molecule has 1 aromatic carbocycles. The van der Waals surface area contributed by atoms with E-state index in [-0.39, 0.29) is 11.9 Å². The number of benzene rings is 1. The molecule has 0 aromatic heterocycles. The van der Waals surface area contributed by atoms with Crippen LogP contribution in [0.5, 0.6) is 0 Å². The molecule has 0 atom stereocenters. The van der Waals surface area contributed by atoms with E-state index >= 15 is 0 Å². The summed E-state index contributed by atoms with van der Waals surface area (Å²) >= 11 is 0. The van der Waals surface area contributed by atoms with Crippen molar-refractivity contribution in [3.8, 4) is 0 Å². The highest BCUT2D eigenvalue weighted by atomic mass is 16.5. The fourth-order valence-corrected chi connectivity index (χ4v) is 3.88. The predicted octanol–water partition coefficient (Wildman–Crippen LogP) is 3.12. The third kappa shape index (κ3) is 5.32. The van der Waals surface area contributed by atoms with Crippen LogP contribution in [0, 0.1) is 0 Å². The quantitative estimate of drug-likeness (QED) is 0.871. The van der Waals surface area contributed by atoms with E-state index in [1.54, 1.807) is 0 Å². The molecule has 0 bridgehead atoms. The number of hydrogen-bond donors (Lipinski definition) is 1. The topological polar surface area (TPSA) is 41.6 Å². The van der Waals surface area contributed by atoms with Crippen molar-refractivity contribution in [2.45, 2.75) is 63.6 Å². The Labute approximate surface area is 145 Å². The molecule has 132 valence electrons. The lowest BCUT2D eigenvalue weighted by molar-refractivity contribution is -0.124. The molecule has 1 aliphatic heterocycles. The summed E-state index contributed by atoms with van der Waals surface area (Å²) in [6.45, 7) is 2.91. The van der Waals surface area contributed by atoms with E-state index in [0.717, 1.165) is 32.6 Å². The summed E-state index contributed by atoms with van der Waals surface area (Å²) in [6.07, 6.45) is 8.23. The summed E-state index contributed by atoms with van der Waals surface area (Å²) in [4.78, 5) is 15.0. The van der Waals surface area contributed by atoms with E-state index < -0.39 is 0 Å². The van der Waals surface area contributed by atoms with Gasteiger partial charge in [0, 0.05) is 31.8 Å². The first-order valence-corrected chi connectivity index (χ1v) is 9.46. The summed E-state index contributed by atoms with van der Waals surface area (Å²) in [5.74, 6) is 0.170. The molecule has 0 spiro atoms. The van der Waals surface area contributed by atoms with Gasteiger partial charge in [-0.3, -0.25) is 9.69 Å². The fraction of sp³-hybridized carbons (Fsp3) is 0.650. The number of ether oxygens (including phenoxy) is 1. The van der Waals surface area contributed by atoms with Gasteiger partial charge in [-0.1, -0.05) is 49.6 Å². The van der Waals surface area contributed by atoms with Crippen LogP contribution in [0.1, 0.15) is 50.5 Å². The number of carbonyl (C=O) groups excluding carboxylic acids is 1. The van der Waals surface area contributed by atoms with E-state index in [2.05, 4.69) is 34.5 Å². The van der Waals surface area contributed by atoms with Crippen LogP contribution in [-0.4, -0.2) is 42.6 Å². The minimum atomic E-state index is 0.170. The van der Waals surface area contributed by atoms with Crippen LogP contribution >= 0.6 is 0 Å². The van der Waals surface area contributed by atoms with Gasteiger partial charge in [-0.15, -0.1) is 0 Å². The first-order chi connectivity index (χ1) is 11.8. The lowest BCUT2D eigenvalue weighted by Gasteiger charge is -2.34. The minimum Gasteiger partial charge on any atom is -0.381 e. The first-order valence-electron chi connectivity index (χ1n) is 9.46. The maximum absolute atomic E-state index is 12.6. The van der Waals surface area contributed by atoms with Gasteiger partial charge in [0.2, 0.25) is 5.91 Å². The second-order valence-corrected chi connectivity index (χ2v) is 7.14. The van der Waals surface area contributed by atoms with Crippen LogP contribution in [0.3, 0.4) is 0 Å². The van der Waals surface area contributed by atoms with E-state index in [1.807, 2.05) is 6.07 Å². The van der Waals surface area contributed by atoms with Crippen LogP contribution < -0.4 is 5.32 Å². The zero-order valence-corrected chi connectivity index (χ0v) is 14.6. The van der Waals surface area contributed by atoms with Crippen molar-refractivity contribution in [3.05, 3.63) is 35.9 Å². The average Bonchev–Trinajstić information content (AvgIpc) is 2.63. The highest BCUT2D eigenvalue weighted by Gasteiger charge is 2.24. The largest absolute Gasteiger partial charge is 0.381 e. The second kappa shape index (κ2) is 9.19. The Morgan fingerprint density at radius 3 is 2.46 bits per heavy atom. The molecule has 2 fully saturated rings. The second-order valence-electron chi connectivity index (χ2n) is 7.14. The van der Waals surface area contributed by atoms with Crippen LogP contribution in [0.2, 0.25) is 0 Å². The minimum absolute atomic E-state index is 0.170. The van der Waals surface area contributed by atoms with E-state index in [4.69, 9.17) is 4.74 Å². The number of nitrogens with one attached hydrogen (secondary N) is 1. The molecule has 0 radical (unpaired) electrons. The van der Waals surface area contributed by atoms with Crippen molar-refractivity contribution in [1.29, 1.82) is 0 Å². The standard InChI is InChI=1S/C20H30N2O2/c23-20(21-18-11-13-24-14-12-18)16-22(19-9-5-2-6-10-19)15-17-7-3-1-4-8-17/h1,3-4,7-8,18-19H,2,5-6,9-16H2,(H,21,23). The van der Waals surface area contributed by atoms with Crippen molar-refractivity contribution < 1.29 is 9.53 Å². The molecular weight excluding hydrogens is 300 g/mol. The van der Waals surface area contributed by atoms with Crippen LogP contribution in [0.4, 0.5) is 0 Å². The molecule has 1 saturated carbocycles. The predicted molar refractivity (Wildman–Crippen MR) is 95.7 cm³/mol. The summed E-state index contributed by atoms with van der Waals surface area (Å²) in [5, 5.41) is 3.21. The Morgan fingerprint density at radius 2 is 1.75 bits per heavy atom. The lowest BCUT2D eigenvalue weighted by atomic mass is 9.93. The SMILES string of the molecule is O=C(CN(Cc1ccccc1)C1CCCCC1)NC1CCOCC1. The van der Waals surface area contributed by atoms with E-state index in [9.17, 15) is 4.79 Å². The normalized spacial score (nSPS) is 20.2. The Hall–Kier alpha value is -1.39. The highest BCUT2D eigenvalue weighted by Crippen LogP contribution is 2.24. The van der Waals surface area contributed by atoms with Gasteiger partial charge in [-0.25, -0.2) is 0 Å². The lowest BCUT2D eigenvalue weighted by Crippen LogP contribution is -2.47. The van der Waals surface area contributed by atoms with Crippen LogP contribution in [0.15, 0.2) is 30.3 Å². The van der Waals surface area contributed by atoms with Gasteiger partial charge in [0.05, 0.1) is 6.54 Å². The molecule has 1 N–H and O–H groups in total. The molecule has 4 nitrogen and oxygen atoms in total. The Bertz CT molecular complexity index is 494. The summed E-state index contributed by atoms with van der Waals surface area (Å²) < 4.78 is 5.37. The molecule has 3 rings (SSSR count). The third-order valence-electron chi connectivity index (χ3n) is 5.25. The Kier molecular flexibility index (Phi) is 6.67. The Morgan fingerprint density at radius 1 is 1.04 bits per heavy atom. The maximum atomic E-state index is 12.6. The van der Waals surface area contributed by atoms with Gasteiger partial charge in [0.15, 0.2) is 0 Å². The number of nitrogens with zero attached hydrogens (tertiary/aromatic N) is 1. The van der Waals surface area contributed by atoms with Gasteiger partial charge >= 0.3 is 0 Å². The van der Waals surface area contributed by atoms with Gasteiger partial charge in [0.25, 0.3) is 0 Å². The van der Waals surface area contributed by atoms with Crippen LogP contribution in [0.25, 0.3) is 0 Å². The van der Waals surface area contributed by atoms with E-state index in [0.29, 0.717) is 12.6 Å². The van der Waals surface area contributed by atoms with Gasteiger partial charge in [0.1, 0.15) is 0 Å². The fourth-order valence-electron chi connectivity index (χ4n) is 3.88. The van der Waals surface area contributed by atoms with Crippen molar-refractivity contribution in [3.63, 3.8) is 0 Å². The molecule has 1 saturated heterocycles. The number of rotatable bonds is 6.